The molecule has 12 heteroatoms. The Bertz CT molecular complexity index is 1000. The van der Waals surface area contributed by atoms with Crippen molar-refractivity contribution in [1.29, 1.82) is 0 Å². The third-order valence-corrected chi connectivity index (χ3v) is 6.16. The molecule has 0 saturated carbocycles. The number of benzene rings is 1. The minimum absolute atomic E-state index is 0.0691. The fourth-order valence-corrected chi connectivity index (χ4v) is 4.39. The van der Waals surface area contributed by atoms with Crippen molar-refractivity contribution in [3.05, 3.63) is 35.4 Å². The molecule has 9 nitrogen and oxygen atoms in total. The second-order valence-electron chi connectivity index (χ2n) is 9.06. The predicted molar refractivity (Wildman–Crippen MR) is 120 cm³/mol. The Morgan fingerprint density at radius 1 is 1.22 bits per heavy atom. The highest BCUT2D eigenvalue weighted by Crippen LogP contribution is 2.32. The van der Waals surface area contributed by atoms with E-state index in [-0.39, 0.29) is 19.6 Å². The molecule has 0 aliphatic carbocycles. The number of hydrogen-bond acceptors (Lipinski definition) is 6. The molecule has 0 aromatic heterocycles. The normalized spacial score (nSPS) is 22.9. The van der Waals surface area contributed by atoms with E-state index in [4.69, 9.17) is 9.47 Å². The standard InChI is InChI=1S/C24H30F3N3O6/c1-4-35-23-16(12-18(31)36-23)28-21(33)17-10-7-11-30(17)22(34)19(13(2)3)29-20(32)14-8-5-6-9-15(14)24(25,26)27/h5-6,8-9,13,16-17,19,23H,4,7,10-12H2,1-3H3,(H,28,33)(H,29,32)/t16-,17+,19+,23-/m1/s1. The number of hydrogen-bond donors (Lipinski definition) is 2. The number of nitrogens with one attached hydrogen (secondary N) is 2. The third-order valence-electron chi connectivity index (χ3n) is 6.16. The molecule has 2 aliphatic heterocycles. The number of halogens is 3. The van der Waals surface area contributed by atoms with Gasteiger partial charge in [-0.2, -0.15) is 13.2 Å². The molecular formula is C24H30F3N3O6. The number of nitrogens with zero attached hydrogens (tertiary/aromatic N) is 1. The number of ether oxygens (including phenoxy) is 2. The molecule has 2 heterocycles. The van der Waals surface area contributed by atoms with Crippen LogP contribution in [0.25, 0.3) is 0 Å². The summed E-state index contributed by atoms with van der Waals surface area (Å²) < 4.78 is 50.5. The van der Waals surface area contributed by atoms with E-state index in [1.165, 1.54) is 17.0 Å². The Morgan fingerprint density at radius 2 is 1.92 bits per heavy atom. The largest absolute Gasteiger partial charge is 0.433 e. The minimum Gasteiger partial charge on any atom is -0.433 e. The first-order valence-electron chi connectivity index (χ1n) is 11.8. The van der Waals surface area contributed by atoms with E-state index in [9.17, 15) is 32.3 Å². The Balaban J connectivity index is 1.74. The van der Waals surface area contributed by atoms with Crippen LogP contribution < -0.4 is 10.6 Å². The van der Waals surface area contributed by atoms with E-state index in [1.807, 2.05) is 0 Å². The molecule has 2 fully saturated rings. The zero-order chi connectivity index (χ0) is 26.6. The van der Waals surface area contributed by atoms with Crippen LogP contribution in [0.3, 0.4) is 0 Å². The zero-order valence-corrected chi connectivity index (χ0v) is 20.3. The quantitative estimate of drug-likeness (QED) is 0.516. The van der Waals surface area contributed by atoms with E-state index in [1.54, 1.807) is 20.8 Å². The summed E-state index contributed by atoms with van der Waals surface area (Å²) in [6.45, 7) is 5.53. The highest BCUT2D eigenvalue weighted by Gasteiger charge is 2.43. The second-order valence-corrected chi connectivity index (χ2v) is 9.06. The molecule has 2 N–H and O–H groups in total. The fourth-order valence-electron chi connectivity index (χ4n) is 4.39. The number of esters is 1. The molecule has 0 bridgehead atoms. The molecule has 1 aromatic rings. The lowest BCUT2D eigenvalue weighted by atomic mass is 10.00. The molecule has 1 aromatic carbocycles. The van der Waals surface area contributed by atoms with E-state index in [0.717, 1.165) is 12.1 Å². The number of rotatable bonds is 8. The molecule has 0 unspecified atom stereocenters. The molecule has 0 radical (unpaired) electrons. The van der Waals surface area contributed by atoms with Gasteiger partial charge in [0.2, 0.25) is 18.1 Å². The molecule has 0 spiro atoms. The molecule has 3 amide bonds. The van der Waals surface area contributed by atoms with Gasteiger partial charge in [-0.3, -0.25) is 19.2 Å². The summed E-state index contributed by atoms with van der Waals surface area (Å²) in [5.74, 6) is -3.08. The van der Waals surface area contributed by atoms with Crippen molar-refractivity contribution in [1.82, 2.24) is 15.5 Å². The maximum absolute atomic E-state index is 13.4. The van der Waals surface area contributed by atoms with Gasteiger partial charge in [-0.15, -0.1) is 0 Å². The van der Waals surface area contributed by atoms with Crippen molar-refractivity contribution in [3.63, 3.8) is 0 Å². The van der Waals surface area contributed by atoms with Gasteiger partial charge in [0, 0.05) is 13.2 Å². The summed E-state index contributed by atoms with van der Waals surface area (Å²) in [6.07, 6.45) is -4.86. The van der Waals surface area contributed by atoms with Crippen LogP contribution in [0.1, 0.15) is 56.0 Å². The van der Waals surface area contributed by atoms with Gasteiger partial charge in [0.15, 0.2) is 0 Å². The first-order valence-corrected chi connectivity index (χ1v) is 11.8. The smallest absolute Gasteiger partial charge is 0.417 e. The molecule has 3 rings (SSSR count). The lowest BCUT2D eigenvalue weighted by molar-refractivity contribution is -0.164. The fraction of sp³-hybridized carbons (Fsp3) is 0.583. The Kier molecular flexibility index (Phi) is 8.59. The van der Waals surface area contributed by atoms with Crippen LogP contribution in [-0.4, -0.2) is 66.2 Å². The SMILES string of the molecule is CCO[C@@H]1OC(=O)C[C@H]1NC(=O)[C@@H]1CCCN1C(=O)[C@@H](NC(=O)c1ccccc1C(F)(F)F)C(C)C. The monoisotopic (exact) mass is 513 g/mol. The lowest BCUT2D eigenvalue weighted by Crippen LogP contribution is -2.56. The average Bonchev–Trinajstić information content (AvgIpc) is 3.43. The number of cyclic esters (lactones) is 1. The van der Waals surface area contributed by atoms with Gasteiger partial charge in [0.1, 0.15) is 18.1 Å². The highest BCUT2D eigenvalue weighted by molar-refractivity contribution is 5.99. The Labute approximate surface area is 206 Å². The summed E-state index contributed by atoms with van der Waals surface area (Å²) in [7, 11) is 0. The van der Waals surface area contributed by atoms with Crippen molar-refractivity contribution in [2.75, 3.05) is 13.2 Å². The van der Waals surface area contributed by atoms with E-state index in [2.05, 4.69) is 10.6 Å². The maximum atomic E-state index is 13.4. The summed E-state index contributed by atoms with van der Waals surface area (Å²) in [6, 6.07) is 1.61. The Hall–Kier alpha value is -3.15. The first-order chi connectivity index (χ1) is 16.9. The van der Waals surface area contributed by atoms with Gasteiger partial charge in [0.05, 0.1) is 17.5 Å². The molecule has 198 valence electrons. The molecule has 4 atom stereocenters. The Morgan fingerprint density at radius 3 is 2.56 bits per heavy atom. The summed E-state index contributed by atoms with van der Waals surface area (Å²) in [5.41, 5.74) is -1.69. The number of alkyl halides is 3. The van der Waals surface area contributed by atoms with Gasteiger partial charge in [-0.05, 0) is 37.8 Å². The second kappa shape index (κ2) is 11.3. The number of carbonyl (C=O) groups is 4. The zero-order valence-electron chi connectivity index (χ0n) is 20.3. The van der Waals surface area contributed by atoms with Gasteiger partial charge >= 0.3 is 12.1 Å². The van der Waals surface area contributed by atoms with Gasteiger partial charge in [-0.1, -0.05) is 26.0 Å². The number of carbonyl (C=O) groups excluding carboxylic acids is 4. The van der Waals surface area contributed by atoms with Crippen LogP contribution in [0.2, 0.25) is 0 Å². The average molecular weight is 514 g/mol. The van der Waals surface area contributed by atoms with Gasteiger partial charge < -0.3 is 25.0 Å². The van der Waals surface area contributed by atoms with Crippen molar-refractivity contribution in [2.24, 2.45) is 5.92 Å². The molecule has 2 aliphatic rings. The first kappa shape index (κ1) is 27.4. The van der Waals surface area contributed by atoms with Crippen LogP contribution in [0.15, 0.2) is 24.3 Å². The van der Waals surface area contributed by atoms with Crippen LogP contribution in [0.5, 0.6) is 0 Å². The number of likely N-dealkylation sites (tertiary alicyclic amines) is 1. The van der Waals surface area contributed by atoms with Crippen molar-refractivity contribution in [3.8, 4) is 0 Å². The van der Waals surface area contributed by atoms with Crippen LogP contribution in [0.4, 0.5) is 13.2 Å². The van der Waals surface area contributed by atoms with E-state index >= 15 is 0 Å². The van der Waals surface area contributed by atoms with E-state index in [0.29, 0.717) is 12.8 Å². The minimum atomic E-state index is -4.74. The molecule has 36 heavy (non-hydrogen) atoms. The lowest BCUT2D eigenvalue weighted by Gasteiger charge is -2.31. The van der Waals surface area contributed by atoms with E-state index < -0.39 is 71.3 Å². The molecular weight excluding hydrogens is 483 g/mol. The van der Waals surface area contributed by atoms with Crippen molar-refractivity contribution < 1.29 is 41.8 Å². The van der Waals surface area contributed by atoms with Crippen LogP contribution in [0, 0.1) is 5.92 Å². The molecule has 2 saturated heterocycles. The van der Waals surface area contributed by atoms with Gasteiger partial charge in [0.25, 0.3) is 5.91 Å². The maximum Gasteiger partial charge on any atom is 0.417 e. The van der Waals surface area contributed by atoms with Crippen LogP contribution in [-0.2, 0) is 30.0 Å². The van der Waals surface area contributed by atoms with Crippen molar-refractivity contribution >= 4 is 23.7 Å². The highest BCUT2D eigenvalue weighted by atomic mass is 19.4. The third kappa shape index (κ3) is 6.15. The summed E-state index contributed by atoms with van der Waals surface area (Å²) in [5, 5.41) is 5.15. The van der Waals surface area contributed by atoms with Gasteiger partial charge in [-0.25, -0.2) is 0 Å². The van der Waals surface area contributed by atoms with Crippen molar-refractivity contribution in [2.45, 2.75) is 70.6 Å². The summed E-state index contributed by atoms with van der Waals surface area (Å²) >= 11 is 0. The summed E-state index contributed by atoms with van der Waals surface area (Å²) in [4.78, 5) is 52.2. The number of amides is 3. The van der Waals surface area contributed by atoms with Crippen LogP contribution >= 0.6 is 0 Å². The topological polar surface area (TPSA) is 114 Å². The predicted octanol–water partition coefficient (Wildman–Crippen LogP) is 2.25.